The van der Waals surface area contributed by atoms with E-state index < -0.39 is 9.84 Å². The van der Waals surface area contributed by atoms with Crippen LogP contribution in [-0.2, 0) is 14.6 Å². The number of amides is 1. The minimum Gasteiger partial charge on any atom is -0.368 e. The van der Waals surface area contributed by atoms with Crippen LogP contribution >= 0.6 is 0 Å². The summed E-state index contributed by atoms with van der Waals surface area (Å²) in [4.78, 5) is 13.7. The Bertz CT molecular complexity index is 611. The summed E-state index contributed by atoms with van der Waals surface area (Å²) in [6, 6.07) is 7.67. The third-order valence-corrected chi connectivity index (χ3v) is 5.70. The van der Waals surface area contributed by atoms with E-state index in [1.165, 1.54) is 0 Å². The molecule has 5 nitrogen and oxygen atoms in total. The van der Waals surface area contributed by atoms with E-state index >= 15 is 0 Å². The van der Waals surface area contributed by atoms with Crippen molar-refractivity contribution < 1.29 is 13.2 Å². The maximum absolute atomic E-state index is 11.7. The highest BCUT2D eigenvalue weighted by molar-refractivity contribution is 7.91. The summed E-state index contributed by atoms with van der Waals surface area (Å²) in [5.74, 6) is 0.527. The Hall–Kier alpha value is -1.56. The van der Waals surface area contributed by atoms with Gasteiger partial charge in [-0.15, -0.1) is 0 Å². The lowest BCUT2D eigenvalue weighted by atomic mass is 10.1. The van der Waals surface area contributed by atoms with Crippen LogP contribution in [0.2, 0.25) is 0 Å². The Morgan fingerprint density at radius 1 is 1.27 bits per heavy atom. The van der Waals surface area contributed by atoms with Crippen molar-refractivity contribution in [3.05, 3.63) is 24.3 Å². The Morgan fingerprint density at radius 3 is 2.45 bits per heavy atom. The summed E-state index contributed by atoms with van der Waals surface area (Å²) >= 11 is 0. The van der Waals surface area contributed by atoms with Crippen molar-refractivity contribution in [3.8, 4) is 0 Å². The van der Waals surface area contributed by atoms with E-state index in [0.717, 1.165) is 24.3 Å². The summed E-state index contributed by atoms with van der Waals surface area (Å²) in [5, 5.41) is 2.86. The minimum atomic E-state index is -2.89. The van der Waals surface area contributed by atoms with Gasteiger partial charge in [0.25, 0.3) is 0 Å². The fourth-order valence-electron chi connectivity index (χ4n) is 2.86. The first-order chi connectivity index (χ1) is 10.4. The molecule has 2 rings (SSSR count). The lowest BCUT2D eigenvalue weighted by Gasteiger charge is -2.29. The van der Waals surface area contributed by atoms with Crippen LogP contribution in [-0.4, -0.2) is 38.4 Å². The average Bonchev–Trinajstić information content (AvgIpc) is 2.82. The van der Waals surface area contributed by atoms with Gasteiger partial charge >= 0.3 is 0 Å². The fourth-order valence-corrected chi connectivity index (χ4v) is 4.59. The SMILES string of the molecule is CCCC(=O)Nc1ccc(N(CC)C2CCS(=O)(=O)C2)cc1. The smallest absolute Gasteiger partial charge is 0.224 e. The van der Waals surface area contributed by atoms with E-state index in [4.69, 9.17) is 0 Å². The van der Waals surface area contributed by atoms with Crippen LogP contribution in [0.1, 0.15) is 33.1 Å². The van der Waals surface area contributed by atoms with Gasteiger partial charge in [-0.1, -0.05) is 6.92 Å². The molecule has 1 saturated heterocycles. The highest BCUT2D eigenvalue weighted by Gasteiger charge is 2.31. The monoisotopic (exact) mass is 324 g/mol. The highest BCUT2D eigenvalue weighted by Crippen LogP contribution is 2.25. The maximum Gasteiger partial charge on any atom is 0.224 e. The number of benzene rings is 1. The third-order valence-electron chi connectivity index (χ3n) is 3.95. The quantitative estimate of drug-likeness (QED) is 0.873. The molecule has 0 radical (unpaired) electrons. The number of hydrogen-bond acceptors (Lipinski definition) is 4. The van der Waals surface area contributed by atoms with Gasteiger partial charge in [0.2, 0.25) is 5.91 Å². The molecule has 1 unspecified atom stereocenters. The second kappa shape index (κ2) is 7.13. The second-order valence-corrected chi connectivity index (χ2v) is 7.92. The van der Waals surface area contributed by atoms with Crippen LogP contribution < -0.4 is 10.2 Å². The summed E-state index contributed by atoms with van der Waals surface area (Å²) < 4.78 is 23.3. The molecule has 122 valence electrons. The number of sulfone groups is 1. The third kappa shape index (κ3) is 4.22. The molecule has 1 aliphatic heterocycles. The number of carbonyl (C=O) groups excluding carboxylic acids is 1. The van der Waals surface area contributed by atoms with Crippen molar-refractivity contribution in [1.29, 1.82) is 0 Å². The van der Waals surface area contributed by atoms with Gasteiger partial charge in [-0.2, -0.15) is 0 Å². The summed E-state index contributed by atoms with van der Waals surface area (Å²) in [7, 11) is -2.89. The van der Waals surface area contributed by atoms with E-state index in [0.29, 0.717) is 12.8 Å². The number of nitrogens with zero attached hydrogens (tertiary/aromatic N) is 1. The van der Waals surface area contributed by atoms with Crippen LogP contribution in [0.5, 0.6) is 0 Å². The predicted molar refractivity (Wildman–Crippen MR) is 90.1 cm³/mol. The van der Waals surface area contributed by atoms with Crippen LogP contribution in [0.15, 0.2) is 24.3 Å². The summed E-state index contributed by atoms with van der Waals surface area (Å²) in [5.41, 5.74) is 1.77. The number of nitrogens with one attached hydrogen (secondary N) is 1. The first-order valence-electron chi connectivity index (χ1n) is 7.82. The minimum absolute atomic E-state index is 0.0180. The number of carbonyl (C=O) groups is 1. The Morgan fingerprint density at radius 2 is 1.95 bits per heavy atom. The maximum atomic E-state index is 11.7. The predicted octanol–water partition coefficient (Wildman–Crippen LogP) is 2.44. The molecule has 1 aromatic rings. The molecule has 6 heteroatoms. The summed E-state index contributed by atoms with van der Waals surface area (Å²) in [6.07, 6.45) is 2.03. The van der Waals surface area contributed by atoms with E-state index in [2.05, 4.69) is 10.2 Å². The van der Waals surface area contributed by atoms with Crippen molar-refractivity contribution in [2.24, 2.45) is 0 Å². The van der Waals surface area contributed by atoms with Crippen LogP contribution in [0.3, 0.4) is 0 Å². The molecule has 0 saturated carbocycles. The average molecular weight is 324 g/mol. The van der Waals surface area contributed by atoms with Crippen molar-refractivity contribution in [2.45, 2.75) is 39.2 Å². The van der Waals surface area contributed by atoms with Crippen molar-refractivity contribution in [3.63, 3.8) is 0 Å². The van der Waals surface area contributed by atoms with Crippen LogP contribution in [0.25, 0.3) is 0 Å². The van der Waals surface area contributed by atoms with E-state index in [1.54, 1.807) is 0 Å². The molecule has 0 aliphatic carbocycles. The van der Waals surface area contributed by atoms with E-state index in [1.807, 2.05) is 38.1 Å². The van der Waals surface area contributed by atoms with Gasteiger partial charge in [0.05, 0.1) is 11.5 Å². The van der Waals surface area contributed by atoms with Gasteiger partial charge in [-0.05, 0) is 44.0 Å². The molecule has 1 amide bonds. The number of anilines is 2. The van der Waals surface area contributed by atoms with Crippen molar-refractivity contribution >= 4 is 27.1 Å². The first kappa shape index (κ1) is 16.8. The van der Waals surface area contributed by atoms with Gasteiger partial charge < -0.3 is 10.2 Å². The molecule has 1 atom stereocenters. The number of rotatable bonds is 6. The fraction of sp³-hybridized carbons (Fsp3) is 0.562. The van der Waals surface area contributed by atoms with Crippen molar-refractivity contribution in [1.82, 2.24) is 0 Å². The molecule has 1 fully saturated rings. The molecule has 0 spiro atoms. The topological polar surface area (TPSA) is 66.5 Å². The molecule has 1 heterocycles. The normalized spacial score (nSPS) is 19.8. The van der Waals surface area contributed by atoms with Crippen LogP contribution in [0.4, 0.5) is 11.4 Å². The zero-order chi connectivity index (χ0) is 16.2. The molecule has 0 bridgehead atoms. The van der Waals surface area contributed by atoms with Crippen molar-refractivity contribution in [2.75, 3.05) is 28.3 Å². The van der Waals surface area contributed by atoms with Gasteiger partial charge in [0.1, 0.15) is 0 Å². The molecular formula is C16H24N2O3S. The largest absolute Gasteiger partial charge is 0.368 e. The molecule has 1 aliphatic rings. The lowest BCUT2D eigenvalue weighted by molar-refractivity contribution is -0.116. The molecular weight excluding hydrogens is 300 g/mol. The lowest BCUT2D eigenvalue weighted by Crippen LogP contribution is -2.36. The Labute approximate surface area is 132 Å². The summed E-state index contributed by atoms with van der Waals surface area (Å²) in [6.45, 7) is 4.76. The van der Waals surface area contributed by atoms with Crippen LogP contribution in [0, 0.1) is 0 Å². The molecule has 0 aromatic heterocycles. The standard InChI is InChI=1S/C16H24N2O3S/c1-3-5-16(19)17-13-6-8-14(9-7-13)18(4-2)15-10-11-22(20,21)12-15/h6-9,15H,3-5,10-12H2,1-2H3,(H,17,19). The van der Waals surface area contributed by atoms with Gasteiger partial charge in [-0.25, -0.2) is 8.42 Å². The zero-order valence-electron chi connectivity index (χ0n) is 13.2. The zero-order valence-corrected chi connectivity index (χ0v) is 14.0. The van der Waals surface area contributed by atoms with Gasteiger partial charge in [-0.3, -0.25) is 4.79 Å². The number of hydrogen-bond donors (Lipinski definition) is 1. The molecule has 22 heavy (non-hydrogen) atoms. The van der Waals surface area contributed by atoms with E-state index in [-0.39, 0.29) is 23.5 Å². The van der Waals surface area contributed by atoms with Gasteiger partial charge in [0.15, 0.2) is 9.84 Å². The van der Waals surface area contributed by atoms with Gasteiger partial charge in [0, 0.05) is 30.4 Å². The second-order valence-electron chi connectivity index (χ2n) is 5.69. The highest BCUT2D eigenvalue weighted by atomic mass is 32.2. The molecule has 1 aromatic carbocycles. The Balaban J connectivity index is 2.06. The molecule has 1 N–H and O–H groups in total. The van der Waals surface area contributed by atoms with E-state index in [9.17, 15) is 13.2 Å². The first-order valence-corrected chi connectivity index (χ1v) is 9.64. The Kier molecular flexibility index (Phi) is 5.45.